The van der Waals surface area contributed by atoms with Crippen molar-refractivity contribution >= 4 is 27.5 Å². The largest absolute Gasteiger partial charge is 0.494 e. The molecular formula is C33H43N3O7S. The number of methoxy groups -OCH3 is 2. The van der Waals surface area contributed by atoms with Gasteiger partial charge >= 0.3 is 0 Å². The number of benzene rings is 3. The molecule has 0 aromatic heterocycles. The first-order valence-electron chi connectivity index (χ1n) is 14.7. The lowest BCUT2D eigenvalue weighted by atomic mass is 10.1. The molecule has 44 heavy (non-hydrogen) atoms. The van der Waals surface area contributed by atoms with Gasteiger partial charge in [-0.25, -0.2) is 8.42 Å². The standard InChI is InChI=1S/C33H43N3O7S/c1-7-24(3)34-33(38)25(4)35(21-20-26-12-10-9-11-13-26)32(37)23-36(27-14-16-28(17-15-27)43-8-2)44(39,40)29-18-19-30(41-5)31(22-29)42-6/h9-19,22,24-25H,7-8,20-21,23H2,1-6H3,(H,34,38)/t24-,25-/m0/s1. The summed E-state index contributed by atoms with van der Waals surface area (Å²) in [7, 11) is -1.42. The minimum absolute atomic E-state index is 0.0817. The number of nitrogens with one attached hydrogen (secondary N) is 1. The second-order valence-corrected chi connectivity index (χ2v) is 12.1. The molecule has 0 saturated carbocycles. The van der Waals surface area contributed by atoms with E-state index in [9.17, 15) is 18.0 Å². The molecule has 1 N–H and O–H groups in total. The highest BCUT2D eigenvalue weighted by atomic mass is 32.2. The van der Waals surface area contributed by atoms with Crippen LogP contribution in [0.3, 0.4) is 0 Å². The zero-order valence-corrected chi connectivity index (χ0v) is 27.1. The molecule has 2 atom stereocenters. The van der Waals surface area contributed by atoms with Crippen molar-refractivity contribution in [2.45, 2.75) is 57.5 Å². The molecule has 0 aliphatic rings. The Kier molecular flexibility index (Phi) is 12.5. The molecule has 11 heteroatoms. The van der Waals surface area contributed by atoms with Gasteiger partial charge in [-0.1, -0.05) is 37.3 Å². The van der Waals surface area contributed by atoms with Gasteiger partial charge in [0, 0.05) is 18.7 Å². The van der Waals surface area contributed by atoms with E-state index in [1.807, 2.05) is 51.1 Å². The van der Waals surface area contributed by atoms with Gasteiger partial charge in [0.25, 0.3) is 10.0 Å². The number of hydrogen-bond acceptors (Lipinski definition) is 7. The maximum absolute atomic E-state index is 14.2. The summed E-state index contributed by atoms with van der Waals surface area (Å²) >= 11 is 0. The van der Waals surface area contributed by atoms with Crippen molar-refractivity contribution in [2.24, 2.45) is 0 Å². The molecule has 0 fully saturated rings. The highest BCUT2D eigenvalue weighted by molar-refractivity contribution is 7.92. The highest BCUT2D eigenvalue weighted by Gasteiger charge is 2.33. The molecule has 0 aliphatic carbocycles. The summed E-state index contributed by atoms with van der Waals surface area (Å²) in [6.07, 6.45) is 1.21. The van der Waals surface area contributed by atoms with Gasteiger partial charge in [0.15, 0.2) is 11.5 Å². The number of amides is 2. The van der Waals surface area contributed by atoms with Crippen molar-refractivity contribution in [3.8, 4) is 17.2 Å². The molecule has 0 bridgehead atoms. The topological polar surface area (TPSA) is 114 Å². The lowest BCUT2D eigenvalue weighted by molar-refractivity contribution is -0.139. The minimum atomic E-state index is -4.29. The third-order valence-electron chi connectivity index (χ3n) is 7.31. The lowest BCUT2D eigenvalue weighted by Gasteiger charge is -2.32. The summed E-state index contributed by atoms with van der Waals surface area (Å²) in [6, 6.07) is 19.4. The molecular weight excluding hydrogens is 582 g/mol. The van der Waals surface area contributed by atoms with Crippen LogP contribution in [0.5, 0.6) is 17.2 Å². The number of anilines is 1. The third kappa shape index (κ3) is 8.66. The first kappa shape index (κ1) is 34.2. The number of rotatable bonds is 16. The number of ether oxygens (including phenoxy) is 3. The Hall–Kier alpha value is -4.25. The number of sulfonamides is 1. The summed E-state index contributed by atoms with van der Waals surface area (Å²) in [6.45, 7) is 7.48. The van der Waals surface area contributed by atoms with Gasteiger partial charge in [-0.15, -0.1) is 0 Å². The van der Waals surface area contributed by atoms with Crippen LogP contribution >= 0.6 is 0 Å². The number of carbonyl (C=O) groups is 2. The molecule has 3 aromatic carbocycles. The molecule has 0 aliphatic heterocycles. The first-order valence-corrected chi connectivity index (χ1v) is 16.1. The van der Waals surface area contributed by atoms with Crippen molar-refractivity contribution in [1.82, 2.24) is 10.2 Å². The van der Waals surface area contributed by atoms with Gasteiger partial charge in [0.1, 0.15) is 18.3 Å². The van der Waals surface area contributed by atoms with Crippen molar-refractivity contribution in [1.29, 1.82) is 0 Å². The van der Waals surface area contributed by atoms with E-state index in [-0.39, 0.29) is 34.8 Å². The molecule has 0 unspecified atom stereocenters. The third-order valence-corrected chi connectivity index (χ3v) is 9.08. The Morgan fingerprint density at radius 3 is 2.14 bits per heavy atom. The van der Waals surface area contributed by atoms with Crippen molar-refractivity contribution in [3.63, 3.8) is 0 Å². The average molecular weight is 626 g/mol. The van der Waals surface area contributed by atoms with Crippen LogP contribution in [0.15, 0.2) is 77.7 Å². The molecule has 0 radical (unpaired) electrons. The van der Waals surface area contributed by atoms with Crippen LogP contribution in [0, 0.1) is 0 Å². The number of hydrogen-bond donors (Lipinski definition) is 1. The van der Waals surface area contributed by atoms with E-state index in [1.54, 1.807) is 31.2 Å². The minimum Gasteiger partial charge on any atom is -0.494 e. The molecule has 3 rings (SSSR count). The second kappa shape index (κ2) is 16.0. The Morgan fingerprint density at radius 1 is 0.886 bits per heavy atom. The summed E-state index contributed by atoms with van der Waals surface area (Å²) in [5.74, 6) is 0.322. The maximum Gasteiger partial charge on any atom is 0.264 e. The van der Waals surface area contributed by atoms with Crippen molar-refractivity contribution in [2.75, 3.05) is 38.2 Å². The van der Waals surface area contributed by atoms with E-state index >= 15 is 0 Å². The van der Waals surface area contributed by atoms with Gasteiger partial charge in [-0.2, -0.15) is 0 Å². The van der Waals surface area contributed by atoms with Crippen LogP contribution in [0.2, 0.25) is 0 Å². The SMILES string of the molecule is CCOc1ccc(N(CC(=O)N(CCc2ccccc2)[C@@H](C)C(=O)N[C@@H](C)CC)S(=O)(=O)c2ccc(OC)c(OC)c2)cc1. The molecule has 0 spiro atoms. The monoisotopic (exact) mass is 625 g/mol. The molecule has 3 aromatic rings. The van der Waals surface area contributed by atoms with E-state index in [0.29, 0.717) is 24.5 Å². The van der Waals surface area contributed by atoms with Gasteiger partial charge in [0.2, 0.25) is 11.8 Å². The van der Waals surface area contributed by atoms with Gasteiger partial charge in [-0.3, -0.25) is 13.9 Å². The fraction of sp³-hybridized carbons (Fsp3) is 0.394. The molecule has 0 heterocycles. The maximum atomic E-state index is 14.2. The Labute approximate surface area is 261 Å². The summed E-state index contributed by atoms with van der Waals surface area (Å²) < 4.78 is 45.6. The summed E-state index contributed by atoms with van der Waals surface area (Å²) in [5, 5.41) is 2.94. The fourth-order valence-corrected chi connectivity index (χ4v) is 5.97. The summed E-state index contributed by atoms with van der Waals surface area (Å²) in [5.41, 5.74) is 1.25. The smallest absolute Gasteiger partial charge is 0.264 e. The zero-order valence-electron chi connectivity index (χ0n) is 26.3. The van der Waals surface area contributed by atoms with Crippen molar-refractivity contribution in [3.05, 3.63) is 78.4 Å². The second-order valence-electron chi connectivity index (χ2n) is 10.3. The Bertz CT molecular complexity index is 1480. The van der Waals surface area contributed by atoms with Crippen LogP contribution < -0.4 is 23.8 Å². The molecule has 2 amide bonds. The molecule has 10 nitrogen and oxygen atoms in total. The fourth-order valence-electron chi connectivity index (χ4n) is 4.54. The first-order chi connectivity index (χ1) is 21.0. The van der Waals surface area contributed by atoms with Crippen molar-refractivity contribution < 1.29 is 32.2 Å². The Morgan fingerprint density at radius 2 is 1.55 bits per heavy atom. The van der Waals surface area contributed by atoms with Gasteiger partial charge in [0.05, 0.1) is 31.4 Å². The summed E-state index contributed by atoms with van der Waals surface area (Å²) in [4.78, 5) is 28.6. The lowest BCUT2D eigenvalue weighted by Crippen LogP contribution is -2.53. The number of carbonyl (C=O) groups excluding carboxylic acids is 2. The van der Waals surface area contributed by atoms with Crippen LogP contribution in [0.25, 0.3) is 0 Å². The van der Waals surface area contributed by atoms with Crippen LogP contribution in [-0.2, 0) is 26.0 Å². The van der Waals surface area contributed by atoms with Crippen LogP contribution in [0.4, 0.5) is 5.69 Å². The number of nitrogens with zero attached hydrogens (tertiary/aromatic N) is 2. The molecule has 238 valence electrons. The normalized spacial score (nSPS) is 12.5. The highest BCUT2D eigenvalue weighted by Crippen LogP contribution is 2.33. The van der Waals surface area contributed by atoms with E-state index in [0.717, 1.165) is 16.3 Å². The van der Waals surface area contributed by atoms with Crippen LogP contribution in [-0.4, -0.2) is 71.1 Å². The molecule has 0 saturated heterocycles. The van der Waals surface area contributed by atoms with E-state index < -0.39 is 28.5 Å². The van der Waals surface area contributed by atoms with Gasteiger partial charge < -0.3 is 24.4 Å². The van der Waals surface area contributed by atoms with E-state index in [4.69, 9.17) is 14.2 Å². The predicted molar refractivity (Wildman–Crippen MR) is 171 cm³/mol. The quantitative estimate of drug-likeness (QED) is 0.246. The predicted octanol–water partition coefficient (Wildman–Crippen LogP) is 4.67. The average Bonchev–Trinajstić information content (AvgIpc) is 3.04. The van der Waals surface area contributed by atoms with E-state index in [1.165, 1.54) is 37.3 Å². The Balaban J connectivity index is 2.03. The van der Waals surface area contributed by atoms with Gasteiger partial charge in [-0.05, 0) is 75.6 Å². The zero-order chi connectivity index (χ0) is 32.3. The van der Waals surface area contributed by atoms with Crippen LogP contribution in [0.1, 0.15) is 39.7 Å². The van der Waals surface area contributed by atoms with E-state index in [2.05, 4.69) is 5.32 Å².